The van der Waals surface area contributed by atoms with Gasteiger partial charge in [-0.25, -0.2) is 0 Å². The number of guanidine groups is 1. The van der Waals surface area contributed by atoms with E-state index in [2.05, 4.69) is 33.4 Å². The fourth-order valence-corrected chi connectivity index (χ4v) is 3.45. The van der Waals surface area contributed by atoms with E-state index >= 15 is 0 Å². The molecule has 1 atom stereocenters. The molecule has 1 aliphatic heterocycles. The lowest BCUT2D eigenvalue weighted by Crippen LogP contribution is -2.41. The molecule has 0 amide bonds. The molecular formula is C21H28ClIN4O. The topological polar surface area (TPSA) is 62.9 Å². The van der Waals surface area contributed by atoms with Crippen molar-refractivity contribution < 1.29 is 4.74 Å². The van der Waals surface area contributed by atoms with Crippen molar-refractivity contribution in [3.8, 4) is 0 Å². The van der Waals surface area contributed by atoms with E-state index in [0.717, 1.165) is 49.9 Å². The van der Waals surface area contributed by atoms with Crippen LogP contribution in [0, 0.1) is 0 Å². The quantitative estimate of drug-likeness (QED) is 0.337. The number of nitrogens with zero attached hydrogens (tertiary/aromatic N) is 2. The van der Waals surface area contributed by atoms with Crippen molar-refractivity contribution in [2.45, 2.75) is 12.5 Å². The predicted molar refractivity (Wildman–Crippen MR) is 127 cm³/mol. The van der Waals surface area contributed by atoms with E-state index < -0.39 is 0 Å². The number of benzene rings is 2. The minimum absolute atomic E-state index is 0. The predicted octanol–water partition coefficient (Wildman–Crippen LogP) is 3.48. The summed E-state index contributed by atoms with van der Waals surface area (Å²) in [6.07, 6.45) is 0.915. The molecule has 0 radical (unpaired) electrons. The molecule has 3 N–H and O–H groups in total. The van der Waals surface area contributed by atoms with Gasteiger partial charge in [0.1, 0.15) is 0 Å². The van der Waals surface area contributed by atoms with Crippen molar-refractivity contribution in [2.24, 2.45) is 10.7 Å². The van der Waals surface area contributed by atoms with E-state index in [-0.39, 0.29) is 30.0 Å². The lowest BCUT2D eigenvalue weighted by Gasteiger charge is -2.34. The van der Waals surface area contributed by atoms with E-state index in [0.29, 0.717) is 12.5 Å². The second kappa shape index (κ2) is 12.3. The number of morpholine rings is 1. The summed E-state index contributed by atoms with van der Waals surface area (Å²) in [6, 6.07) is 18.5. The molecule has 1 aliphatic rings. The van der Waals surface area contributed by atoms with Gasteiger partial charge in [-0.05, 0) is 29.7 Å². The Morgan fingerprint density at radius 2 is 1.89 bits per heavy atom. The molecular weight excluding hydrogens is 487 g/mol. The molecule has 0 bridgehead atoms. The van der Waals surface area contributed by atoms with E-state index in [1.54, 1.807) is 0 Å². The molecule has 1 saturated heterocycles. The molecule has 1 fully saturated rings. The van der Waals surface area contributed by atoms with Crippen LogP contribution >= 0.6 is 35.6 Å². The molecule has 0 spiro atoms. The summed E-state index contributed by atoms with van der Waals surface area (Å²) < 4.78 is 5.49. The van der Waals surface area contributed by atoms with Crippen molar-refractivity contribution >= 4 is 41.5 Å². The Balaban J connectivity index is 0.00000280. The minimum Gasteiger partial charge on any atom is -0.379 e. The van der Waals surface area contributed by atoms with Crippen LogP contribution in [0.4, 0.5) is 0 Å². The minimum atomic E-state index is 0. The maximum atomic E-state index is 6.20. The van der Waals surface area contributed by atoms with Crippen LogP contribution in [0.3, 0.4) is 0 Å². The zero-order valence-electron chi connectivity index (χ0n) is 15.9. The van der Waals surface area contributed by atoms with E-state index in [1.165, 1.54) is 5.56 Å². The van der Waals surface area contributed by atoms with Crippen LogP contribution in [-0.2, 0) is 11.2 Å². The van der Waals surface area contributed by atoms with Crippen molar-refractivity contribution in [2.75, 3.05) is 39.4 Å². The summed E-state index contributed by atoms with van der Waals surface area (Å²) in [4.78, 5) is 6.98. The third-order valence-corrected chi connectivity index (χ3v) is 4.95. The van der Waals surface area contributed by atoms with Gasteiger partial charge in [0, 0.05) is 24.7 Å². The van der Waals surface area contributed by atoms with Gasteiger partial charge in [-0.2, -0.15) is 0 Å². The maximum Gasteiger partial charge on any atom is 0.188 e. The molecule has 2 aromatic carbocycles. The zero-order chi connectivity index (χ0) is 18.9. The van der Waals surface area contributed by atoms with Gasteiger partial charge < -0.3 is 15.8 Å². The van der Waals surface area contributed by atoms with Crippen molar-refractivity contribution in [3.63, 3.8) is 0 Å². The highest BCUT2D eigenvalue weighted by molar-refractivity contribution is 14.0. The van der Waals surface area contributed by atoms with Crippen LogP contribution in [0.25, 0.3) is 0 Å². The Labute approximate surface area is 189 Å². The third-order valence-electron chi connectivity index (χ3n) is 4.72. The van der Waals surface area contributed by atoms with Gasteiger partial charge >= 0.3 is 0 Å². The Morgan fingerprint density at radius 3 is 2.61 bits per heavy atom. The molecule has 152 valence electrons. The van der Waals surface area contributed by atoms with Gasteiger partial charge in [-0.1, -0.05) is 54.1 Å². The van der Waals surface area contributed by atoms with E-state index in [4.69, 9.17) is 22.1 Å². The van der Waals surface area contributed by atoms with Gasteiger partial charge in [0.05, 0.1) is 25.8 Å². The monoisotopic (exact) mass is 514 g/mol. The number of aliphatic imine (C=N–C) groups is 1. The zero-order valence-corrected chi connectivity index (χ0v) is 19.0. The first-order chi connectivity index (χ1) is 13.2. The first kappa shape index (κ1) is 22.9. The molecule has 28 heavy (non-hydrogen) atoms. The standard InChI is InChI=1S/C21H27ClN4O.HI/c22-19-8-4-7-18(15-19)20(26-11-13-27-14-12-26)16-25-21(23)24-10-9-17-5-2-1-3-6-17;/h1-8,15,20H,9-14,16H2,(H3,23,24,25);1H. The van der Waals surface area contributed by atoms with Crippen LogP contribution in [0.1, 0.15) is 17.2 Å². The molecule has 0 aromatic heterocycles. The Kier molecular flexibility index (Phi) is 10.0. The summed E-state index contributed by atoms with van der Waals surface area (Å²) in [6.45, 7) is 4.60. The summed E-state index contributed by atoms with van der Waals surface area (Å²) in [5.41, 5.74) is 8.53. The molecule has 0 saturated carbocycles. The SMILES string of the molecule is I.NC(=NCC(c1cccc(Cl)c1)N1CCOCC1)NCCc1ccccc1. The van der Waals surface area contributed by atoms with E-state index in [9.17, 15) is 0 Å². The van der Waals surface area contributed by atoms with Crippen molar-refractivity contribution in [3.05, 3.63) is 70.7 Å². The lowest BCUT2D eigenvalue weighted by atomic mass is 10.0. The second-order valence-electron chi connectivity index (χ2n) is 6.61. The van der Waals surface area contributed by atoms with Gasteiger partial charge in [-0.15, -0.1) is 24.0 Å². The molecule has 5 nitrogen and oxygen atoms in total. The molecule has 3 rings (SSSR count). The van der Waals surface area contributed by atoms with Crippen LogP contribution in [0.5, 0.6) is 0 Å². The average Bonchev–Trinajstić information content (AvgIpc) is 2.70. The highest BCUT2D eigenvalue weighted by Crippen LogP contribution is 2.24. The fraction of sp³-hybridized carbons (Fsp3) is 0.381. The second-order valence-corrected chi connectivity index (χ2v) is 7.04. The van der Waals surface area contributed by atoms with Crippen molar-refractivity contribution in [1.29, 1.82) is 0 Å². The average molecular weight is 515 g/mol. The molecule has 7 heteroatoms. The van der Waals surface area contributed by atoms with Crippen LogP contribution < -0.4 is 11.1 Å². The van der Waals surface area contributed by atoms with Crippen LogP contribution in [-0.4, -0.2) is 50.3 Å². The number of halogens is 2. The van der Waals surface area contributed by atoms with Gasteiger partial charge in [0.2, 0.25) is 0 Å². The number of hydrogen-bond acceptors (Lipinski definition) is 3. The van der Waals surface area contributed by atoms with Gasteiger partial charge in [0.15, 0.2) is 5.96 Å². The van der Waals surface area contributed by atoms with Crippen LogP contribution in [0.2, 0.25) is 5.02 Å². The molecule has 0 aliphatic carbocycles. The number of nitrogens with one attached hydrogen (secondary N) is 1. The first-order valence-electron chi connectivity index (χ1n) is 9.37. The number of nitrogens with two attached hydrogens (primary N) is 1. The van der Waals surface area contributed by atoms with Gasteiger partial charge in [-0.3, -0.25) is 9.89 Å². The molecule has 1 heterocycles. The third kappa shape index (κ3) is 7.24. The maximum absolute atomic E-state index is 6.20. The highest BCUT2D eigenvalue weighted by Gasteiger charge is 2.22. The fourth-order valence-electron chi connectivity index (χ4n) is 3.26. The summed E-state index contributed by atoms with van der Waals surface area (Å²) >= 11 is 6.20. The number of hydrogen-bond donors (Lipinski definition) is 2. The number of ether oxygens (including phenoxy) is 1. The summed E-state index contributed by atoms with van der Waals surface area (Å²) in [7, 11) is 0. The van der Waals surface area contributed by atoms with Gasteiger partial charge in [0.25, 0.3) is 0 Å². The Hall–Kier alpha value is -1.35. The molecule has 2 aromatic rings. The summed E-state index contributed by atoms with van der Waals surface area (Å²) in [5, 5.41) is 3.95. The smallest absolute Gasteiger partial charge is 0.188 e. The summed E-state index contributed by atoms with van der Waals surface area (Å²) in [5.74, 6) is 0.478. The number of rotatable bonds is 7. The Bertz CT molecular complexity index is 738. The first-order valence-corrected chi connectivity index (χ1v) is 9.75. The lowest BCUT2D eigenvalue weighted by molar-refractivity contribution is 0.0180. The van der Waals surface area contributed by atoms with Crippen LogP contribution in [0.15, 0.2) is 59.6 Å². The van der Waals surface area contributed by atoms with Crippen molar-refractivity contribution in [1.82, 2.24) is 10.2 Å². The van der Waals surface area contributed by atoms with E-state index in [1.807, 2.05) is 36.4 Å². The highest BCUT2D eigenvalue weighted by atomic mass is 127. The largest absolute Gasteiger partial charge is 0.379 e. The molecule has 1 unspecified atom stereocenters. The Morgan fingerprint density at radius 1 is 1.14 bits per heavy atom. The normalized spacial score (nSPS) is 16.2.